The van der Waals surface area contributed by atoms with Gasteiger partial charge < -0.3 is 14.9 Å². The molecule has 1 atom stereocenters. The average molecular weight is 233 g/mol. The number of pyridine rings is 1. The van der Waals surface area contributed by atoms with E-state index in [0.717, 1.165) is 10.8 Å². The number of benzene rings is 1. The normalized spacial score (nSPS) is 12.4. The molecule has 0 saturated carbocycles. The number of nitrogens with zero attached hydrogens (tertiary/aromatic N) is 1. The smallest absolute Gasteiger partial charge is 0.337 e. The highest BCUT2D eigenvalue weighted by Gasteiger charge is 2.16. The maximum absolute atomic E-state index is 10.7. The number of carbonyl (C=O) groups is 1. The lowest BCUT2D eigenvalue weighted by atomic mass is 10.0. The number of hydrogen-bond donors (Lipinski definition) is 2. The Morgan fingerprint density at radius 2 is 2.18 bits per heavy atom. The van der Waals surface area contributed by atoms with Crippen LogP contribution in [0.25, 0.3) is 10.8 Å². The Balaban J connectivity index is 2.55. The minimum absolute atomic E-state index is 0.332. The van der Waals surface area contributed by atoms with Crippen molar-refractivity contribution in [2.45, 2.75) is 6.10 Å². The van der Waals surface area contributed by atoms with Crippen molar-refractivity contribution in [2.75, 3.05) is 7.11 Å². The van der Waals surface area contributed by atoms with Crippen molar-refractivity contribution < 1.29 is 19.7 Å². The molecule has 0 radical (unpaired) electrons. The standard InChI is InChI=1S/C12H11NO4/c1-17-11-9-3-2-8(10(14)12(15)16)6-7(9)4-5-13-11/h2-6,10,14H,1H3,(H,15,16). The summed E-state index contributed by atoms with van der Waals surface area (Å²) in [5, 5.41) is 19.7. The molecule has 0 aliphatic carbocycles. The zero-order valence-electron chi connectivity index (χ0n) is 9.12. The van der Waals surface area contributed by atoms with Gasteiger partial charge >= 0.3 is 5.97 Å². The number of ether oxygens (including phenoxy) is 1. The van der Waals surface area contributed by atoms with Gasteiger partial charge in [-0.1, -0.05) is 6.07 Å². The van der Waals surface area contributed by atoms with Gasteiger partial charge in [0.1, 0.15) is 0 Å². The Labute approximate surface area is 97.3 Å². The molecule has 1 unspecified atom stereocenters. The fourth-order valence-electron chi connectivity index (χ4n) is 1.64. The van der Waals surface area contributed by atoms with Gasteiger partial charge in [0.05, 0.1) is 7.11 Å². The van der Waals surface area contributed by atoms with Crippen molar-refractivity contribution in [1.82, 2.24) is 4.98 Å². The van der Waals surface area contributed by atoms with E-state index in [1.165, 1.54) is 7.11 Å². The predicted octanol–water partition coefficient (Wildman–Crippen LogP) is 1.36. The summed E-state index contributed by atoms with van der Waals surface area (Å²) in [4.78, 5) is 14.7. The average Bonchev–Trinajstić information content (AvgIpc) is 2.36. The quantitative estimate of drug-likeness (QED) is 0.836. The number of rotatable bonds is 3. The first-order chi connectivity index (χ1) is 8.13. The van der Waals surface area contributed by atoms with Crippen LogP contribution in [0.15, 0.2) is 30.5 Å². The molecule has 17 heavy (non-hydrogen) atoms. The molecule has 2 rings (SSSR count). The van der Waals surface area contributed by atoms with Gasteiger partial charge in [0.25, 0.3) is 0 Å². The number of hydrogen-bond acceptors (Lipinski definition) is 4. The van der Waals surface area contributed by atoms with E-state index < -0.39 is 12.1 Å². The minimum Gasteiger partial charge on any atom is -0.481 e. The van der Waals surface area contributed by atoms with Crippen molar-refractivity contribution in [2.24, 2.45) is 0 Å². The second-order valence-electron chi connectivity index (χ2n) is 3.54. The topological polar surface area (TPSA) is 79.7 Å². The van der Waals surface area contributed by atoms with Gasteiger partial charge in [0.2, 0.25) is 5.88 Å². The molecule has 1 aromatic carbocycles. The SMILES string of the molecule is COc1nccc2cc(C(O)C(=O)O)ccc12. The maximum Gasteiger partial charge on any atom is 0.337 e. The molecule has 2 aromatic rings. The van der Waals surface area contributed by atoms with E-state index in [0.29, 0.717) is 11.4 Å². The third-order valence-corrected chi connectivity index (χ3v) is 2.49. The zero-order valence-corrected chi connectivity index (χ0v) is 9.12. The molecule has 1 aromatic heterocycles. The van der Waals surface area contributed by atoms with Gasteiger partial charge in [0.15, 0.2) is 6.10 Å². The number of carboxylic acid groups (broad SMARTS) is 1. The van der Waals surface area contributed by atoms with Crippen LogP contribution in [0.3, 0.4) is 0 Å². The van der Waals surface area contributed by atoms with E-state index in [9.17, 15) is 9.90 Å². The molecule has 1 heterocycles. The van der Waals surface area contributed by atoms with Crippen LogP contribution in [-0.4, -0.2) is 28.3 Å². The lowest BCUT2D eigenvalue weighted by molar-refractivity contribution is -0.146. The molecule has 0 bridgehead atoms. The van der Waals surface area contributed by atoms with Crippen LogP contribution in [0.2, 0.25) is 0 Å². The summed E-state index contributed by atoms with van der Waals surface area (Å²) in [6.45, 7) is 0. The fourth-order valence-corrected chi connectivity index (χ4v) is 1.64. The maximum atomic E-state index is 10.7. The summed E-state index contributed by atoms with van der Waals surface area (Å²) in [5.41, 5.74) is 0.332. The lowest BCUT2D eigenvalue weighted by Crippen LogP contribution is -2.10. The van der Waals surface area contributed by atoms with Gasteiger partial charge in [-0.3, -0.25) is 0 Å². The van der Waals surface area contributed by atoms with Crippen molar-refractivity contribution in [1.29, 1.82) is 0 Å². The molecular formula is C12H11NO4. The highest BCUT2D eigenvalue weighted by Crippen LogP contribution is 2.25. The second kappa shape index (κ2) is 4.39. The highest BCUT2D eigenvalue weighted by molar-refractivity contribution is 5.88. The number of carboxylic acids is 1. The minimum atomic E-state index is -1.52. The van der Waals surface area contributed by atoms with E-state index in [1.54, 1.807) is 30.5 Å². The van der Waals surface area contributed by atoms with Crippen molar-refractivity contribution in [3.05, 3.63) is 36.0 Å². The Kier molecular flexibility index (Phi) is 2.93. The number of aromatic nitrogens is 1. The first-order valence-corrected chi connectivity index (χ1v) is 4.97. The summed E-state index contributed by atoms with van der Waals surface area (Å²) in [7, 11) is 1.52. The molecule has 0 amide bonds. The second-order valence-corrected chi connectivity index (χ2v) is 3.54. The van der Waals surface area contributed by atoms with Gasteiger partial charge in [0, 0.05) is 11.6 Å². The van der Waals surface area contributed by atoms with Crippen molar-refractivity contribution in [3.63, 3.8) is 0 Å². The van der Waals surface area contributed by atoms with E-state index in [4.69, 9.17) is 9.84 Å². The zero-order chi connectivity index (χ0) is 12.4. The third-order valence-electron chi connectivity index (χ3n) is 2.49. The van der Waals surface area contributed by atoms with E-state index in [2.05, 4.69) is 4.98 Å². The molecule has 0 aliphatic heterocycles. The number of methoxy groups -OCH3 is 1. The van der Waals surface area contributed by atoms with Crippen LogP contribution in [0, 0.1) is 0 Å². The van der Waals surface area contributed by atoms with Gasteiger partial charge in [-0.05, 0) is 29.1 Å². The van der Waals surface area contributed by atoms with Crippen molar-refractivity contribution >= 4 is 16.7 Å². The molecule has 0 saturated heterocycles. The number of aliphatic hydroxyl groups is 1. The van der Waals surface area contributed by atoms with Gasteiger partial charge in [-0.15, -0.1) is 0 Å². The number of aliphatic hydroxyl groups excluding tert-OH is 1. The van der Waals surface area contributed by atoms with Crippen LogP contribution >= 0.6 is 0 Å². The summed E-state index contributed by atoms with van der Waals surface area (Å²) in [6, 6.07) is 6.57. The summed E-state index contributed by atoms with van der Waals surface area (Å²) in [5.74, 6) is -0.802. The van der Waals surface area contributed by atoms with Crippen LogP contribution < -0.4 is 4.74 Å². The van der Waals surface area contributed by atoms with E-state index in [1.807, 2.05) is 0 Å². The molecule has 2 N–H and O–H groups in total. The Morgan fingerprint density at radius 3 is 2.82 bits per heavy atom. The molecule has 0 spiro atoms. The number of aliphatic carboxylic acids is 1. The molecule has 88 valence electrons. The molecule has 5 nitrogen and oxygen atoms in total. The lowest BCUT2D eigenvalue weighted by Gasteiger charge is -2.08. The molecule has 0 aliphatic rings. The summed E-state index contributed by atoms with van der Waals surface area (Å²) < 4.78 is 5.09. The first kappa shape index (κ1) is 11.3. The van der Waals surface area contributed by atoms with Crippen LogP contribution in [-0.2, 0) is 4.79 Å². The summed E-state index contributed by atoms with van der Waals surface area (Å²) >= 11 is 0. The van der Waals surface area contributed by atoms with E-state index >= 15 is 0 Å². The third kappa shape index (κ3) is 2.05. The Bertz CT molecular complexity index is 567. The van der Waals surface area contributed by atoms with Gasteiger partial charge in [-0.25, -0.2) is 9.78 Å². The fraction of sp³-hybridized carbons (Fsp3) is 0.167. The largest absolute Gasteiger partial charge is 0.481 e. The number of fused-ring (bicyclic) bond motifs is 1. The predicted molar refractivity (Wildman–Crippen MR) is 60.9 cm³/mol. The Hall–Kier alpha value is -2.14. The molecular weight excluding hydrogens is 222 g/mol. The Morgan fingerprint density at radius 1 is 1.41 bits per heavy atom. The molecule has 5 heteroatoms. The summed E-state index contributed by atoms with van der Waals surface area (Å²) in [6.07, 6.45) is 0.0523. The monoisotopic (exact) mass is 233 g/mol. The van der Waals surface area contributed by atoms with Crippen molar-refractivity contribution in [3.8, 4) is 5.88 Å². The first-order valence-electron chi connectivity index (χ1n) is 4.97. The van der Waals surface area contributed by atoms with E-state index in [-0.39, 0.29) is 0 Å². The molecule has 0 fully saturated rings. The van der Waals surface area contributed by atoms with Crippen LogP contribution in [0.5, 0.6) is 5.88 Å². The van der Waals surface area contributed by atoms with Gasteiger partial charge in [-0.2, -0.15) is 0 Å². The van der Waals surface area contributed by atoms with Crippen LogP contribution in [0.4, 0.5) is 0 Å². The highest BCUT2D eigenvalue weighted by atomic mass is 16.5. The van der Waals surface area contributed by atoms with Crippen LogP contribution in [0.1, 0.15) is 11.7 Å².